The third-order valence-electron chi connectivity index (χ3n) is 16.2. The van der Waals surface area contributed by atoms with Gasteiger partial charge in [0.1, 0.15) is 19.3 Å². The maximum atomic E-state index is 13.0. The number of rotatable bonds is 66. The molecule has 19 heteroatoms. The molecular formula is C67H130O17P2. The Morgan fingerprint density at radius 2 is 0.558 bits per heavy atom. The molecule has 0 aromatic rings. The minimum absolute atomic E-state index is 0.104. The van der Waals surface area contributed by atoms with Crippen LogP contribution in [0.25, 0.3) is 0 Å². The number of aliphatic hydroxyl groups excluding tert-OH is 1. The highest BCUT2D eigenvalue weighted by Crippen LogP contribution is 2.45. The molecule has 510 valence electrons. The number of carbonyl (C=O) groups is 4. The Morgan fingerprint density at radius 3 is 0.826 bits per heavy atom. The summed E-state index contributed by atoms with van der Waals surface area (Å²) in [5.41, 5.74) is 0. The zero-order valence-electron chi connectivity index (χ0n) is 55.6. The summed E-state index contributed by atoms with van der Waals surface area (Å²) in [7, 11) is -9.89. The maximum Gasteiger partial charge on any atom is 0.472 e. The highest BCUT2D eigenvalue weighted by molar-refractivity contribution is 7.47. The number of carbonyl (C=O) groups excluding carboxylic acids is 4. The second-order valence-corrected chi connectivity index (χ2v) is 27.6. The Balaban J connectivity index is 5.23. The monoisotopic (exact) mass is 1270 g/mol. The highest BCUT2D eigenvalue weighted by Gasteiger charge is 2.30. The molecule has 0 aliphatic rings. The summed E-state index contributed by atoms with van der Waals surface area (Å²) < 4.78 is 68.1. The Morgan fingerprint density at radius 1 is 0.326 bits per heavy atom. The molecule has 0 aliphatic carbocycles. The van der Waals surface area contributed by atoms with Gasteiger partial charge >= 0.3 is 39.5 Å². The van der Waals surface area contributed by atoms with Crippen molar-refractivity contribution in [3.8, 4) is 0 Å². The zero-order valence-corrected chi connectivity index (χ0v) is 57.4. The predicted octanol–water partition coefficient (Wildman–Crippen LogP) is 18.8. The molecule has 0 fully saturated rings. The molecule has 0 aromatic carbocycles. The third-order valence-corrected chi connectivity index (χ3v) is 18.1. The summed E-state index contributed by atoms with van der Waals surface area (Å²) in [5, 5.41) is 10.6. The van der Waals surface area contributed by atoms with Gasteiger partial charge in [-0.15, -0.1) is 0 Å². The normalized spacial score (nSPS) is 14.8. The molecule has 0 saturated carbocycles. The number of unbranched alkanes of at least 4 members (excludes halogenated alkanes) is 34. The van der Waals surface area contributed by atoms with Crippen molar-refractivity contribution >= 4 is 39.5 Å². The van der Waals surface area contributed by atoms with Gasteiger partial charge in [-0.2, -0.15) is 0 Å². The van der Waals surface area contributed by atoms with Gasteiger partial charge in [0, 0.05) is 25.7 Å². The van der Waals surface area contributed by atoms with Gasteiger partial charge in [0.25, 0.3) is 0 Å². The van der Waals surface area contributed by atoms with Crippen molar-refractivity contribution in [2.75, 3.05) is 39.6 Å². The average Bonchev–Trinajstić information content (AvgIpc) is 3.56. The predicted molar refractivity (Wildman–Crippen MR) is 345 cm³/mol. The van der Waals surface area contributed by atoms with Gasteiger partial charge in [-0.1, -0.05) is 286 Å². The SMILES string of the molecule is CCCCCCCCCCCCCCCCCC(=O)O[C@H](COC(=O)CCCCCCCCCCC(C)CC)COP(=O)(O)OC[C@@H](O)COP(=O)(O)OC[C@@H](COC(=O)CCCCCCCCC)OC(=O)CCCCCCCCCCC(C)CC. The van der Waals surface area contributed by atoms with Crippen LogP contribution in [0.1, 0.15) is 337 Å². The van der Waals surface area contributed by atoms with Crippen molar-refractivity contribution in [3.05, 3.63) is 0 Å². The van der Waals surface area contributed by atoms with Crippen LogP contribution in [0.5, 0.6) is 0 Å². The number of ether oxygens (including phenoxy) is 4. The lowest BCUT2D eigenvalue weighted by atomic mass is 9.99. The van der Waals surface area contributed by atoms with Crippen molar-refractivity contribution in [1.29, 1.82) is 0 Å². The fraction of sp³-hybridized carbons (Fsp3) is 0.940. The Kier molecular flexibility index (Phi) is 58.0. The van der Waals surface area contributed by atoms with Gasteiger partial charge in [-0.25, -0.2) is 9.13 Å². The zero-order chi connectivity index (χ0) is 63.6. The Labute approximate surface area is 524 Å². The summed E-state index contributed by atoms with van der Waals surface area (Å²) >= 11 is 0. The number of phosphoric acid groups is 2. The molecule has 0 aromatic heterocycles. The standard InChI is InChI=1S/C67H130O17P2/c1-7-11-13-15-17-18-19-20-21-22-23-24-33-39-45-51-66(71)83-63(56-78-65(70)50-44-38-32-27-25-30-35-41-47-59(5)9-3)58-82-86(75,76)80-54-61(68)53-79-85(73,74)81-57-62(55-77-64(69)49-43-37-29-16-14-12-8-2)84-67(72)52-46-40-34-28-26-31-36-42-48-60(6)10-4/h59-63,68H,7-58H2,1-6H3,(H,73,74)(H,75,76)/t59?,60?,61-,62+,63+/m0/s1. The van der Waals surface area contributed by atoms with E-state index in [0.29, 0.717) is 25.7 Å². The van der Waals surface area contributed by atoms with Crippen LogP contribution in [0.3, 0.4) is 0 Å². The van der Waals surface area contributed by atoms with Crippen molar-refractivity contribution in [1.82, 2.24) is 0 Å². The molecule has 4 unspecified atom stereocenters. The third kappa shape index (κ3) is 58.4. The van der Waals surface area contributed by atoms with Crippen LogP contribution in [0, 0.1) is 11.8 Å². The lowest BCUT2D eigenvalue weighted by Crippen LogP contribution is -2.30. The smallest absolute Gasteiger partial charge is 0.462 e. The van der Waals surface area contributed by atoms with Crippen molar-refractivity contribution < 1.29 is 80.2 Å². The molecule has 0 spiro atoms. The van der Waals surface area contributed by atoms with E-state index in [0.717, 1.165) is 115 Å². The quantitative estimate of drug-likeness (QED) is 0.0222. The minimum atomic E-state index is -4.95. The lowest BCUT2D eigenvalue weighted by Gasteiger charge is -2.21. The van der Waals surface area contributed by atoms with Crippen molar-refractivity contribution in [3.63, 3.8) is 0 Å². The van der Waals surface area contributed by atoms with E-state index in [1.807, 2.05) is 0 Å². The van der Waals surface area contributed by atoms with E-state index >= 15 is 0 Å². The molecule has 86 heavy (non-hydrogen) atoms. The summed E-state index contributed by atoms with van der Waals surface area (Å²) in [6.45, 7) is 9.48. The van der Waals surface area contributed by atoms with Gasteiger partial charge in [0.2, 0.25) is 0 Å². The second-order valence-electron chi connectivity index (χ2n) is 24.7. The van der Waals surface area contributed by atoms with Crippen LogP contribution in [0.15, 0.2) is 0 Å². The molecule has 0 aliphatic heterocycles. The van der Waals surface area contributed by atoms with E-state index in [9.17, 15) is 43.2 Å². The van der Waals surface area contributed by atoms with E-state index < -0.39 is 97.5 Å². The van der Waals surface area contributed by atoms with E-state index in [1.165, 1.54) is 141 Å². The maximum absolute atomic E-state index is 13.0. The number of aliphatic hydroxyl groups is 1. The molecule has 3 N–H and O–H groups in total. The Bertz CT molecular complexity index is 1690. The molecule has 0 rings (SSSR count). The van der Waals surface area contributed by atoms with E-state index in [1.54, 1.807) is 0 Å². The highest BCUT2D eigenvalue weighted by atomic mass is 31.2. The van der Waals surface area contributed by atoms with E-state index in [4.69, 9.17) is 37.0 Å². The van der Waals surface area contributed by atoms with Gasteiger partial charge in [0.15, 0.2) is 12.2 Å². The summed E-state index contributed by atoms with van der Waals surface area (Å²) in [6.07, 6.45) is 43.0. The van der Waals surface area contributed by atoms with Crippen LogP contribution in [-0.2, 0) is 65.4 Å². The first-order valence-electron chi connectivity index (χ1n) is 35.1. The van der Waals surface area contributed by atoms with Crippen LogP contribution in [-0.4, -0.2) is 96.7 Å². The number of hydrogen-bond acceptors (Lipinski definition) is 15. The molecule has 0 amide bonds. The fourth-order valence-electron chi connectivity index (χ4n) is 10.00. The first-order valence-corrected chi connectivity index (χ1v) is 38.1. The van der Waals surface area contributed by atoms with Crippen LogP contribution < -0.4 is 0 Å². The summed E-state index contributed by atoms with van der Waals surface area (Å²) in [4.78, 5) is 72.3. The topological polar surface area (TPSA) is 237 Å². The molecule has 0 saturated heterocycles. The van der Waals surface area contributed by atoms with Crippen molar-refractivity contribution in [2.24, 2.45) is 11.8 Å². The first-order chi connectivity index (χ1) is 41.4. The number of hydrogen-bond donors (Lipinski definition) is 3. The van der Waals surface area contributed by atoms with Gasteiger partial charge in [-0.05, 0) is 37.5 Å². The van der Waals surface area contributed by atoms with Gasteiger partial charge in [0.05, 0.1) is 26.4 Å². The molecule has 7 atom stereocenters. The van der Waals surface area contributed by atoms with Gasteiger partial charge < -0.3 is 33.8 Å². The van der Waals surface area contributed by atoms with Crippen molar-refractivity contribution in [2.45, 2.75) is 355 Å². The second kappa shape index (κ2) is 59.4. The largest absolute Gasteiger partial charge is 0.472 e. The molecule has 17 nitrogen and oxygen atoms in total. The average molecular weight is 1270 g/mol. The van der Waals surface area contributed by atoms with Crippen LogP contribution in [0.2, 0.25) is 0 Å². The number of esters is 4. The molecule has 0 heterocycles. The van der Waals surface area contributed by atoms with Gasteiger partial charge in [-0.3, -0.25) is 37.3 Å². The van der Waals surface area contributed by atoms with E-state index in [2.05, 4.69) is 41.5 Å². The number of phosphoric ester groups is 2. The van der Waals surface area contributed by atoms with Crippen LogP contribution in [0.4, 0.5) is 0 Å². The lowest BCUT2D eigenvalue weighted by molar-refractivity contribution is -0.161. The van der Waals surface area contributed by atoms with E-state index in [-0.39, 0.29) is 25.7 Å². The first kappa shape index (κ1) is 84.1. The molecular weight excluding hydrogens is 1140 g/mol. The summed E-state index contributed by atoms with van der Waals surface area (Å²) in [6, 6.07) is 0. The molecule has 0 radical (unpaired) electrons. The Hall–Kier alpha value is -1.94. The summed E-state index contributed by atoms with van der Waals surface area (Å²) in [5.74, 6) is -0.586. The molecule has 0 bridgehead atoms. The fourth-order valence-corrected chi connectivity index (χ4v) is 11.6. The minimum Gasteiger partial charge on any atom is -0.462 e. The van der Waals surface area contributed by atoms with Crippen LogP contribution >= 0.6 is 15.6 Å².